The molecule has 0 aliphatic carbocycles. The van der Waals surface area contributed by atoms with Gasteiger partial charge in [0.1, 0.15) is 11.6 Å². The second-order valence-corrected chi connectivity index (χ2v) is 8.54. The summed E-state index contributed by atoms with van der Waals surface area (Å²) in [7, 11) is 2.04. The van der Waals surface area contributed by atoms with Gasteiger partial charge in [-0.25, -0.2) is 0 Å². The molecule has 1 heterocycles. The SMILES string of the molecule is Cc1ccc(SCc2nnc(SCCCOc3cccc(C)c3)n2C)cc1. The molecule has 0 saturated carbocycles. The molecule has 0 saturated heterocycles. The van der Waals surface area contributed by atoms with Crippen LogP contribution in [0.15, 0.2) is 58.6 Å². The standard InChI is InChI=1S/C21H25N3OS2/c1-16-8-10-19(11-9-16)27-15-20-22-23-21(24(20)3)26-13-5-12-25-18-7-4-6-17(2)14-18/h4,6-11,14H,5,12-13,15H2,1-3H3. The van der Waals surface area contributed by atoms with Gasteiger partial charge in [-0.2, -0.15) is 0 Å². The first kappa shape index (κ1) is 19.8. The molecular weight excluding hydrogens is 374 g/mol. The predicted octanol–water partition coefficient (Wildman–Crippen LogP) is 5.29. The van der Waals surface area contributed by atoms with Crippen LogP contribution in [0.3, 0.4) is 0 Å². The monoisotopic (exact) mass is 399 g/mol. The van der Waals surface area contributed by atoms with Gasteiger partial charge < -0.3 is 9.30 Å². The van der Waals surface area contributed by atoms with E-state index in [4.69, 9.17) is 4.74 Å². The van der Waals surface area contributed by atoms with Gasteiger partial charge in [0.25, 0.3) is 0 Å². The first-order valence-corrected chi connectivity index (χ1v) is 11.0. The summed E-state index contributed by atoms with van der Waals surface area (Å²) in [6, 6.07) is 16.7. The number of aromatic nitrogens is 3. The Bertz CT molecular complexity index is 862. The van der Waals surface area contributed by atoms with Crippen molar-refractivity contribution in [3.8, 4) is 5.75 Å². The largest absolute Gasteiger partial charge is 0.494 e. The molecule has 0 radical (unpaired) electrons. The summed E-state index contributed by atoms with van der Waals surface area (Å²) in [4.78, 5) is 1.26. The van der Waals surface area contributed by atoms with Gasteiger partial charge in [0.15, 0.2) is 5.16 Å². The van der Waals surface area contributed by atoms with E-state index >= 15 is 0 Å². The molecule has 27 heavy (non-hydrogen) atoms. The van der Waals surface area contributed by atoms with Crippen LogP contribution < -0.4 is 4.74 Å². The van der Waals surface area contributed by atoms with Crippen molar-refractivity contribution in [1.29, 1.82) is 0 Å². The van der Waals surface area contributed by atoms with E-state index in [0.717, 1.165) is 34.7 Å². The van der Waals surface area contributed by atoms with Crippen molar-refractivity contribution in [3.63, 3.8) is 0 Å². The van der Waals surface area contributed by atoms with Crippen molar-refractivity contribution in [2.24, 2.45) is 7.05 Å². The minimum atomic E-state index is 0.713. The van der Waals surface area contributed by atoms with E-state index in [9.17, 15) is 0 Å². The molecule has 0 amide bonds. The zero-order valence-electron chi connectivity index (χ0n) is 16.0. The molecule has 0 N–H and O–H groups in total. The molecule has 0 spiro atoms. The number of aryl methyl sites for hydroxylation is 2. The van der Waals surface area contributed by atoms with Gasteiger partial charge in [-0.15, -0.1) is 22.0 Å². The Balaban J connectivity index is 1.41. The Labute approximate surface area is 169 Å². The summed E-state index contributed by atoms with van der Waals surface area (Å²) in [6.45, 7) is 4.89. The molecule has 2 aromatic carbocycles. The fraction of sp³-hybridized carbons (Fsp3) is 0.333. The smallest absolute Gasteiger partial charge is 0.190 e. The molecule has 3 rings (SSSR count). The molecule has 142 valence electrons. The third-order valence-corrected chi connectivity index (χ3v) is 6.21. The number of hydrogen-bond donors (Lipinski definition) is 0. The van der Waals surface area contributed by atoms with Crippen molar-refractivity contribution in [3.05, 3.63) is 65.5 Å². The summed E-state index contributed by atoms with van der Waals surface area (Å²) in [5, 5.41) is 9.64. The van der Waals surface area contributed by atoms with Gasteiger partial charge >= 0.3 is 0 Å². The molecule has 0 atom stereocenters. The third kappa shape index (κ3) is 6.04. The number of hydrogen-bond acceptors (Lipinski definition) is 5. The van der Waals surface area contributed by atoms with E-state index < -0.39 is 0 Å². The lowest BCUT2D eigenvalue weighted by atomic mass is 10.2. The van der Waals surface area contributed by atoms with E-state index in [2.05, 4.69) is 65.0 Å². The molecule has 0 aliphatic rings. The summed E-state index contributed by atoms with van der Waals surface area (Å²) >= 11 is 3.52. The second kappa shape index (κ2) is 9.85. The first-order chi connectivity index (χ1) is 13.1. The van der Waals surface area contributed by atoms with E-state index in [1.807, 2.05) is 19.2 Å². The summed E-state index contributed by atoms with van der Waals surface area (Å²) in [6.07, 6.45) is 0.971. The molecule has 0 fully saturated rings. The van der Waals surface area contributed by atoms with Crippen LogP contribution in [0.4, 0.5) is 0 Å². The fourth-order valence-corrected chi connectivity index (χ4v) is 4.21. The zero-order valence-corrected chi connectivity index (χ0v) is 17.6. The van der Waals surface area contributed by atoms with Crippen molar-refractivity contribution in [2.75, 3.05) is 12.4 Å². The van der Waals surface area contributed by atoms with Crippen LogP contribution in [0.1, 0.15) is 23.4 Å². The van der Waals surface area contributed by atoms with Crippen LogP contribution in [-0.4, -0.2) is 27.1 Å². The Hall–Kier alpha value is -1.92. The maximum Gasteiger partial charge on any atom is 0.190 e. The Morgan fingerprint density at radius 3 is 2.56 bits per heavy atom. The van der Waals surface area contributed by atoms with Crippen molar-refractivity contribution in [1.82, 2.24) is 14.8 Å². The molecule has 3 aromatic rings. The van der Waals surface area contributed by atoms with Gasteiger partial charge in [0.2, 0.25) is 0 Å². The quantitative estimate of drug-likeness (QED) is 0.361. The molecule has 0 aliphatic heterocycles. The van der Waals surface area contributed by atoms with Crippen LogP contribution in [0.5, 0.6) is 5.75 Å². The zero-order chi connectivity index (χ0) is 19.1. The highest BCUT2D eigenvalue weighted by molar-refractivity contribution is 7.99. The molecule has 6 heteroatoms. The Morgan fingerprint density at radius 2 is 1.78 bits per heavy atom. The van der Waals surface area contributed by atoms with Crippen LogP contribution in [0, 0.1) is 13.8 Å². The second-order valence-electron chi connectivity index (χ2n) is 6.43. The molecule has 4 nitrogen and oxygen atoms in total. The van der Waals surface area contributed by atoms with Crippen molar-refractivity contribution < 1.29 is 4.74 Å². The minimum Gasteiger partial charge on any atom is -0.494 e. The highest BCUT2D eigenvalue weighted by Gasteiger charge is 2.09. The van der Waals surface area contributed by atoms with Crippen LogP contribution in [0.2, 0.25) is 0 Å². The van der Waals surface area contributed by atoms with E-state index in [1.54, 1.807) is 23.5 Å². The Morgan fingerprint density at radius 1 is 0.963 bits per heavy atom. The predicted molar refractivity (Wildman–Crippen MR) is 114 cm³/mol. The van der Waals surface area contributed by atoms with Gasteiger partial charge in [0, 0.05) is 17.7 Å². The number of rotatable bonds is 9. The maximum absolute atomic E-state index is 5.80. The topological polar surface area (TPSA) is 39.9 Å². The number of ether oxygens (including phenoxy) is 1. The van der Waals surface area contributed by atoms with E-state index in [1.165, 1.54) is 16.0 Å². The third-order valence-electron chi connectivity index (χ3n) is 4.09. The van der Waals surface area contributed by atoms with Crippen LogP contribution >= 0.6 is 23.5 Å². The summed E-state index contributed by atoms with van der Waals surface area (Å²) < 4.78 is 7.89. The lowest BCUT2D eigenvalue weighted by Gasteiger charge is -2.07. The van der Waals surface area contributed by atoms with Gasteiger partial charge in [-0.1, -0.05) is 41.6 Å². The van der Waals surface area contributed by atoms with Gasteiger partial charge in [-0.3, -0.25) is 0 Å². The number of thioether (sulfide) groups is 2. The minimum absolute atomic E-state index is 0.713. The van der Waals surface area contributed by atoms with Gasteiger partial charge in [0.05, 0.1) is 12.4 Å². The summed E-state index contributed by atoms with van der Waals surface area (Å²) in [5.41, 5.74) is 2.50. The van der Waals surface area contributed by atoms with Gasteiger partial charge in [-0.05, 0) is 50.1 Å². The highest BCUT2D eigenvalue weighted by atomic mass is 32.2. The normalized spacial score (nSPS) is 10.9. The number of nitrogens with zero attached hydrogens (tertiary/aromatic N) is 3. The van der Waals surface area contributed by atoms with Crippen LogP contribution in [0.25, 0.3) is 0 Å². The average molecular weight is 400 g/mol. The molecule has 0 unspecified atom stereocenters. The molecule has 0 bridgehead atoms. The van der Waals surface area contributed by atoms with Crippen molar-refractivity contribution >= 4 is 23.5 Å². The first-order valence-electron chi connectivity index (χ1n) is 9.02. The lowest BCUT2D eigenvalue weighted by Crippen LogP contribution is -2.01. The Kier molecular flexibility index (Phi) is 7.24. The molecular formula is C21H25N3OS2. The molecule has 1 aromatic heterocycles. The van der Waals surface area contributed by atoms with Crippen molar-refractivity contribution in [2.45, 2.75) is 36.1 Å². The highest BCUT2D eigenvalue weighted by Crippen LogP contribution is 2.24. The van der Waals surface area contributed by atoms with E-state index in [0.29, 0.717) is 6.61 Å². The maximum atomic E-state index is 5.80. The van der Waals surface area contributed by atoms with E-state index in [-0.39, 0.29) is 0 Å². The summed E-state index contributed by atoms with van der Waals surface area (Å²) in [5.74, 6) is 3.72. The van der Waals surface area contributed by atoms with Crippen LogP contribution in [-0.2, 0) is 12.8 Å². The fourth-order valence-electron chi connectivity index (χ4n) is 2.50. The lowest BCUT2D eigenvalue weighted by molar-refractivity contribution is 0.318. The number of benzene rings is 2. The average Bonchev–Trinajstić information content (AvgIpc) is 3.01.